The molecule has 0 radical (unpaired) electrons. The lowest BCUT2D eigenvalue weighted by Crippen LogP contribution is -2.57. The molecule has 0 bridgehead atoms. The number of carbonyl (C=O) groups excluding carboxylic acids is 1. The molecule has 0 aromatic heterocycles. The Kier molecular flexibility index (Phi) is 8.78. The predicted molar refractivity (Wildman–Crippen MR) is 144 cm³/mol. The van der Waals surface area contributed by atoms with Gasteiger partial charge in [-0.2, -0.15) is 0 Å². The zero-order chi connectivity index (χ0) is 25.8. The molecule has 0 spiro atoms. The third-order valence-corrected chi connectivity index (χ3v) is 8.16. The van der Waals surface area contributed by atoms with E-state index < -0.39 is 6.09 Å². The van der Waals surface area contributed by atoms with Gasteiger partial charge in [0.15, 0.2) is 0 Å². The van der Waals surface area contributed by atoms with Gasteiger partial charge >= 0.3 is 6.09 Å². The Morgan fingerprint density at radius 1 is 1.00 bits per heavy atom. The van der Waals surface area contributed by atoms with E-state index in [1.165, 1.54) is 0 Å². The number of nitrogens with one attached hydrogen (secondary N) is 1. The van der Waals surface area contributed by atoms with Gasteiger partial charge in [0.05, 0.1) is 16.6 Å². The maximum absolute atomic E-state index is 12.7. The van der Waals surface area contributed by atoms with E-state index in [0.29, 0.717) is 35.6 Å². The van der Waals surface area contributed by atoms with Gasteiger partial charge in [0.1, 0.15) is 0 Å². The van der Waals surface area contributed by atoms with Gasteiger partial charge in [-0.3, -0.25) is 14.6 Å². The molecule has 2 aromatic carbocycles. The molecule has 2 aliphatic rings. The normalized spacial score (nSPS) is 21.4. The lowest BCUT2D eigenvalue weighted by atomic mass is 9.91. The molecule has 2 aromatic rings. The molecular weight excluding hydrogens is 499 g/mol. The van der Waals surface area contributed by atoms with E-state index in [4.69, 9.17) is 23.2 Å². The number of anilines is 1. The Balaban J connectivity index is 1.31. The van der Waals surface area contributed by atoms with Gasteiger partial charge in [-0.15, -0.1) is 0 Å². The second-order valence-electron chi connectivity index (χ2n) is 9.89. The van der Waals surface area contributed by atoms with Crippen LogP contribution in [0.2, 0.25) is 10.0 Å². The number of piperidine rings is 1. The number of carboxylic acid groups (broad SMARTS) is 1. The van der Waals surface area contributed by atoms with Crippen molar-refractivity contribution in [3.63, 3.8) is 0 Å². The van der Waals surface area contributed by atoms with Gasteiger partial charge < -0.3 is 15.3 Å². The maximum Gasteiger partial charge on any atom is 0.407 e. The van der Waals surface area contributed by atoms with Gasteiger partial charge in [0.25, 0.3) is 0 Å². The summed E-state index contributed by atoms with van der Waals surface area (Å²) in [5, 5.41) is 13.8. The van der Waals surface area contributed by atoms with E-state index >= 15 is 0 Å². The highest BCUT2D eigenvalue weighted by molar-refractivity contribution is 6.42. The van der Waals surface area contributed by atoms with E-state index in [1.807, 2.05) is 44.2 Å². The van der Waals surface area contributed by atoms with Crippen molar-refractivity contribution in [3.05, 3.63) is 63.1 Å². The van der Waals surface area contributed by atoms with Crippen molar-refractivity contribution in [1.82, 2.24) is 14.7 Å². The summed E-state index contributed by atoms with van der Waals surface area (Å²) < 4.78 is 0. The fourth-order valence-electron chi connectivity index (χ4n) is 5.43. The molecule has 4 rings (SSSR count). The van der Waals surface area contributed by atoms with Crippen molar-refractivity contribution < 1.29 is 14.7 Å². The SMILES string of the molecule is Cc1cccc(C)c1NC(=O)CN1CCN(C2CCN(C(=O)O)C(Cc3ccc(Cl)c(Cl)c3)C2)CC1. The molecule has 2 heterocycles. The number of hydrogen-bond donors (Lipinski definition) is 2. The molecule has 2 atom stereocenters. The number of carbonyl (C=O) groups is 2. The zero-order valence-corrected chi connectivity index (χ0v) is 22.4. The number of likely N-dealkylation sites (tertiary alicyclic amines) is 1. The van der Waals surface area contributed by atoms with Crippen molar-refractivity contribution in [3.8, 4) is 0 Å². The number of amides is 2. The predicted octanol–water partition coefficient (Wildman–Crippen LogP) is 4.92. The average Bonchev–Trinajstić information content (AvgIpc) is 2.84. The van der Waals surface area contributed by atoms with Crippen LogP contribution in [0.4, 0.5) is 10.5 Å². The lowest BCUT2D eigenvalue weighted by molar-refractivity contribution is -0.117. The second kappa shape index (κ2) is 11.8. The van der Waals surface area contributed by atoms with Crippen LogP contribution in [0.5, 0.6) is 0 Å². The third-order valence-electron chi connectivity index (χ3n) is 7.43. The number of rotatable bonds is 6. The first-order valence-electron chi connectivity index (χ1n) is 12.5. The molecule has 2 N–H and O–H groups in total. The quantitative estimate of drug-likeness (QED) is 0.552. The van der Waals surface area contributed by atoms with Gasteiger partial charge in [0, 0.05) is 50.5 Å². The lowest BCUT2D eigenvalue weighted by Gasteiger charge is -2.45. The van der Waals surface area contributed by atoms with Gasteiger partial charge in [-0.25, -0.2) is 4.79 Å². The summed E-state index contributed by atoms with van der Waals surface area (Å²) >= 11 is 12.2. The van der Waals surface area contributed by atoms with Crippen LogP contribution in [0.25, 0.3) is 0 Å². The highest BCUT2D eigenvalue weighted by atomic mass is 35.5. The summed E-state index contributed by atoms with van der Waals surface area (Å²) in [6, 6.07) is 11.7. The van der Waals surface area contributed by atoms with Crippen LogP contribution in [-0.2, 0) is 11.2 Å². The van der Waals surface area contributed by atoms with E-state index in [0.717, 1.165) is 61.4 Å². The summed E-state index contributed by atoms with van der Waals surface area (Å²) in [5.74, 6) is 0.0114. The molecule has 2 amide bonds. The van der Waals surface area contributed by atoms with Crippen molar-refractivity contribution in [2.45, 2.75) is 45.2 Å². The Morgan fingerprint density at radius 2 is 1.69 bits per heavy atom. The van der Waals surface area contributed by atoms with E-state index in [9.17, 15) is 14.7 Å². The number of aryl methyl sites for hydroxylation is 2. The highest BCUT2D eigenvalue weighted by Gasteiger charge is 2.35. The van der Waals surface area contributed by atoms with Crippen LogP contribution in [0, 0.1) is 13.8 Å². The fourth-order valence-corrected chi connectivity index (χ4v) is 5.75. The molecule has 7 nitrogen and oxygen atoms in total. The van der Waals surface area contributed by atoms with Gasteiger partial charge in [-0.05, 0) is 61.9 Å². The van der Waals surface area contributed by atoms with Crippen molar-refractivity contribution in [2.75, 3.05) is 44.6 Å². The number of piperazine rings is 1. The summed E-state index contributed by atoms with van der Waals surface area (Å²) in [4.78, 5) is 30.8. The molecule has 2 aliphatic heterocycles. The van der Waals surface area contributed by atoms with Crippen LogP contribution in [0.15, 0.2) is 36.4 Å². The average molecular weight is 534 g/mol. The van der Waals surface area contributed by atoms with E-state index in [-0.39, 0.29) is 11.9 Å². The number of hydrogen-bond acceptors (Lipinski definition) is 4. The summed E-state index contributed by atoms with van der Waals surface area (Å²) in [6.07, 6.45) is 1.33. The van der Waals surface area contributed by atoms with Gasteiger partial charge in [-0.1, -0.05) is 47.5 Å². The molecule has 2 fully saturated rings. The van der Waals surface area contributed by atoms with E-state index in [2.05, 4.69) is 15.1 Å². The van der Waals surface area contributed by atoms with Crippen molar-refractivity contribution in [1.29, 1.82) is 0 Å². The summed E-state index contributed by atoms with van der Waals surface area (Å²) in [5.41, 5.74) is 4.02. The monoisotopic (exact) mass is 532 g/mol. The Morgan fingerprint density at radius 3 is 2.33 bits per heavy atom. The minimum absolute atomic E-state index is 0.0114. The second-order valence-corrected chi connectivity index (χ2v) is 10.7. The first-order chi connectivity index (χ1) is 17.2. The van der Waals surface area contributed by atoms with Crippen molar-refractivity contribution in [2.24, 2.45) is 0 Å². The van der Waals surface area contributed by atoms with Crippen LogP contribution in [0.3, 0.4) is 0 Å². The topological polar surface area (TPSA) is 76.1 Å². The van der Waals surface area contributed by atoms with Gasteiger partial charge in [0.2, 0.25) is 5.91 Å². The number of para-hydroxylation sites is 1. The molecule has 36 heavy (non-hydrogen) atoms. The number of halogens is 2. The summed E-state index contributed by atoms with van der Waals surface area (Å²) in [6.45, 7) is 8.27. The smallest absolute Gasteiger partial charge is 0.407 e. The van der Waals surface area contributed by atoms with Crippen LogP contribution in [0.1, 0.15) is 29.5 Å². The largest absolute Gasteiger partial charge is 0.465 e. The number of nitrogens with zero attached hydrogens (tertiary/aromatic N) is 3. The number of benzene rings is 2. The minimum Gasteiger partial charge on any atom is -0.465 e. The molecule has 2 saturated heterocycles. The Bertz CT molecular complexity index is 1080. The van der Waals surface area contributed by atoms with Crippen LogP contribution < -0.4 is 5.32 Å². The summed E-state index contributed by atoms with van der Waals surface area (Å²) in [7, 11) is 0. The molecule has 0 aliphatic carbocycles. The van der Waals surface area contributed by atoms with Crippen molar-refractivity contribution >= 4 is 40.9 Å². The molecule has 9 heteroatoms. The maximum atomic E-state index is 12.7. The first-order valence-corrected chi connectivity index (χ1v) is 13.2. The standard InChI is InChI=1S/C27H34Cl2N4O3/c1-18-4-3-5-19(2)26(18)30-25(34)17-31-10-12-32(13-11-31)21-8-9-33(27(35)36)22(16-21)14-20-6-7-23(28)24(29)15-20/h3-7,15,21-22H,8-14,16-17H2,1-2H3,(H,30,34)(H,35,36). The fraction of sp³-hybridized carbons (Fsp3) is 0.481. The Hall–Kier alpha value is -2.32. The van der Waals surface area contributed by atoms with E-state index in [1.54, 1.807) is 11.0 Å². The highest BCUT2D eigenvalue weighted by Crippen LogP contribution is 2.28. The van der Waals surface area contributed by atoms with Crippen LogP contribution in [-0.4, -0.2) is 83.2 Å². The molecule has 2 unspecified atom stereocenters. The molecule has 0 saturated carbocycles. The molecule has 194 valence electrons. The Labute approximate surface area is 223 Å². The first kappa shape index (κ1) is 26.7. The van der Waals surface area contributed by atoms with Crippen LogP contribution >= 0.6 is 23.2 Å². The zero-order valence-electron chi connectivity index (χ0n) is 20.8. The third kappa shape index (κ3) is 6.51. The molecular formula is C27H34Cl2N4O3. The minimum atomic E-state index is -0.877.